The molecule has 0 radical (unpaired) electrons. The van der Waals surface area contributed by atoms with E-state index in [0.29, 0.717) is 16.6 Å². The van der Waals surface area contributed by atoms with Crippen LogP contribution in [0.2, 0.25) is 10.0 Å². The fourth-order valence-corrected chi connectivity index (χ4v) is 2.32. The molecule has 0 aliphatic rings. The maximum atomic E-state index is 10.6. The fraction of sp³-hybridized carbons (Fsp3) is 0.462. The summed E-state index contributed by atoms with van der Waals surface area (Å²) in [5, 5.41) is 13.0. The van der Waals surface area contributed by atoms with E-state index in [0.717, 1.165) is 11.3 Å². The molecule has 106 valence electrons. The molecular weight excluding hydrogens is 287 g/mol. The Labute approximate surface area is 123 Å². The van der Waals surface area contributed by atoms with E-state index >= 15 is 0 Å². The van der Waals surface area contributed by atoms with Crippen LogP contribution >= 0.6 is 23.2 Å². The Morgan fingerprint density at radius 2 is 2.05 bits per heavy atom. The van der Waals surface area contributed by atoms with Crippen LogP contribution in [0.15, 0.2) is 12.1 Å². The van der Waals surface area contributed by atoms with Crippen LogP contribution < -0.4 is 10.2 Å². The quantitative estimate of drug-likeness (QED) is 0.848. The van der Waals surface area contributed by atoms with Crippen LogP contribution in [0, 0.1) is 0 Å². The van der Waals surface area contributed by atoms with Crippen LogP contribution in [0.4, 0.5) is 5.69 Å². The van der Waals surface area contributed by atoms with Crippen LogP contribution in [0.1, 0.15) is 18.9 Å². The Balaban J connectivity index is 2.85. The van der Waals surface area contributed by atoms with E-state index in [1.807, 2.05) is 32.0 Å². The molecule has 4 nitrogen and oxygen atoms in total. The number of halogens is 2. The van der Waals surface area contributed by atoms with Crippen molar-refractivity contribution in [1.29, 1.82) is 0 Å². The van der Waals surface area contributed by atoms with Gasteiger partial charge in [-0.25, -0.2) is 0 Å². The van der Waals surface area contributed by atoms with Gasteiger partial charge in [0.1, 0.15) is 0 Å². The van der Waals surface area contributed by atoms with Gasteiger partial charge in [0.05, 0.1) is 6.42 Å². The largest absolute Gasteiger partial charge is 0.481 e. The number of nitrogens with zero attached hydrogens (tertiary/aromatic N) is 1. The van der Waals surface area contributed by atoms with Crippen molar-refractivity contribution in [2.24, 2.45) is 0 Å². The summed E-state index contributed by atoms with van der Waals surface area (Å²) in [6.07, 6.45) is 0.0719. The summed E-state index contributed by atoms with van der Waals surface area (Å²) < 4.78 is 0. The Morgan fingerprint density at radius 3 is 2.58 bits per heavy atom. The van der Waals surface area contributed by atoms with Crippen molar-refractivity contribution in [2.45, 2.75) is 25.9 Å². The minimum atomic E-state index is -0.824. The zero-order valence-electron chi connectivity index (χ0n) is 11.2. The van der Waals surface area contributed by atoms with Crippen LogP contribution in [-0.4, -0.2) is 31.2 Å². The van der Waals surface area contributed by atoms with Crippen molar-refractivity contribution >= 4 is 34.9 Å². The van der Waals surface area contributed by atoms with Crippen molar-refractivity contribution in [3.05, 3.63) is 27.7 Å². The minimum absolute atomic E-state index is 0.0719. The van der Waals surface area contributed by atoms with Crippen molar-refractivity contribution in [1.82, 2.24) is 5.32 Å². The van der Waals surface area contributed by atoms with Gasteiger partial charge in [-0.2, -0.15) is 0 Å². The number of rotatable bonds is 6. The molecule has 0 saturated carbocycles. The Hall–Kier alpha value is -0.970. The number of hydrogen-bond donors (Lipinski definition) is 2. The first-order chi connectivity index (χ1) is 8.81. The number of anilines is 1. The van der Waals surface area contributed by atoms with Crippen LogP contribution in [0.5, 0.6) is 0 Å². The monoisotopic (exact) mass is 304 g/mol. The number of hydrogen-bond acceptors (Lipinski definition) is 3. The van der Waals surface area contributed by atoms with Crippen molar-refractivity contribution in [2.75, 3.05) is 19.0 Å². The Kier molecular flexibility index (Phi) is 5.91. The molecule has 0 heterocycles. The topological polar surface area (TPSA) is 52.6 Å². The maximum absolute atomic E-state index is 10.6. The van der Waals surface area contributed by atoms with Gasteiger partial charge < -0.3 is 15.3 Å². The number of nitrogens with one attached hydrogen (secondary N) is 1. The van der Waals surface area contributed by atoms with Gasteiger partial charge in [0.15, 0.2) is 0 Å². The number of benzene rings is 1. The lowest BCUT2D eigenvalue weighted by atomic mass is 10.1. The van der Waals surface area contributed by atoms with E-state index in [1.54, 1.807) is 6.07 Å². The number of carbonyl (C=O) groups is 1. The zero-order chi connectivity index (χ0) is 14.6. The molecule has 0 amide bonds. The summed E-state index contributed by atoms with van der Waals surface area (Å²) in [6, 6.07) is 3.40. The van der Waals surface area contributed by atoms with Crippen molar-refractivity contribution < 1.29 is 9.90 Å². The minimum Gasteiger partial charge on any atom is -0.481 e. The number of carboxylic acid groups (broad SMARTS) is 1. The molecule has 2 N–H and O–H groups in total. The van der Waals surface area contributed by atoms with E-state index in [9.17, 15) is 4.79 Å². The summed E-state index contributed by atoms with van der Waals surface area (Å²) in [4.78, 5) is 12.5. The summed E-state index contributed by atoms with van der Waals surface area (Å²) in [5.41, 5.74) is 1.83. The highest BCUT2D eigenvalue weighted by molar-refractivity contribution is 6.35. The van der Waals surface area contributed by atoms with Gasteiger partial charge in [-0.1, -0.05) is 23.2 Å². The molecule has 0 bridgehead atoms. The standard InChI is InChI=1S/C13H18Cl2N2O2/c1-8(4-13(18)19)16-7-10-11(15)5-9(14)6-12(10)17(2)3/h5-6,8,16H,4,7H2,1-3H3,(H,18,19)/t8-/m1/s1. The first kappa shape index (κ1) is 16.1. The Bertz CT molecular complexity index is 464. The highest BCUT2D eigenvalue weighted by atomic mass is 35.5. The molecule has 0 aromatic heterocycles. The van der Waals surface area contributed by atoms with Gasteiger partial charge in [-0.05, 0) is 19.1 Å². The van der Waals surface area contributed by atoms with E-state index in [4.69, 9.17) is 28.3 Å². The summed E-state index contributed by atoms with van der Waals surface area (Å²) in [6.45, 7) is 2.32. The van der Waals surface area contributed by atoms with Crippen molar-refractivity contribution in [3.63, 3.8) is 0 Å². The maximum Gasteiger partial charge on any atom is 0.304 e. The molecular formula is C13H18Cl2N2O2. The SMILES string of the molecule is C[C@H](CC(=O)O)NCc1c(Cl)cc(Cl)cc1N(C)C. The normalized spacial score (nSPS) is 12.3. The highest BCUT2D eigenvalue weighted by Gasteiger charge is 2.13. The van der Waals surface area contributed by atoms with Gasteiger partial charge in [-0.3, -0.25) is 4.79 Å². The van der Waals surface area contributed by atoms with E-state index in [-0.39, 0.29) is 12.5 Å². The molecule has 1 aromatic rings. The summed E-state index contributed by atoms with van der Waals surface area (Å²) >= 11 is 12.2. The van der Waals surface area contributed by atoms with Gasteiger partial charge in [0.2, 0.25) is 0 Å². The van der Waals surface area contributed by atoms with Gasteiger partial charge in [0.25, 0.3) is 0 Å². The van der Waals surface area contributed by atoms with Gasteiger partial charge in [0, 0.05) is 48.0 Å². The summed E-state index contributed by atoms with van der Waals surface area (Å²) in [7, 11) is 3.82. The highest BCUT2D eigenvalue weighted by Crippen LogP contribution is 2.30. The second-order valence-corrected chi connectivity index (χ2v) is 5.50. The summed E-state index contributed by atoms with van der Waals surface area (Å²) in [5.74, 6) is -0.824. The molecule has 19 heavy (non-hydrogen) atoms. The predicted octanol–water partition coefficient (Wildman–Crippen LogP) is 3.01. The fourth-order valence-electron chi connectivity index (χ4n) is 1.77. The van der Waals surface area contributed by atoms with Gasteiger partial charge in [-0.15, -0.1) is 0 Å². The third kappa shape index (κ3) is 4.90. The first-order valence-electron chi connectivity index (χ1n) is 5.91. The van der Waals surface area contributed by atoms with Gasteiger partial charge >= 0.3 is 5.97 Å². The van der Waals surface area contributed by atoms with Crippen LogP contribution in [-0.2, 0) is 11.3 Å². The van der Waals surface area contributed by atoms with E-state index < -0.39 is 5.97 Å². The average Bonchev–Trinajstić information content (AvgIpc) is 2.25. The molecule has 0 saturated heterocycles. The van der Waals surface area contributed by atoms with E-state index in [1.165, 1.54) is 0 Å². The third-order valence-corrected chi connectivity index (χ3v) is 3.28. The molecule has 0 spiro atoms. The first-order valence-corrected chi connectivity index (χ1v) is 6.67. The molecule has 0 aliphatic heterocycles. The Morgan fingerprint density at radius 1 is 1.42 bits per heavy atom. The molecule has 0 unspecified atom stereocenters. The number of aliphatic carboxylic acids is 1. The average molecular weight is 305 g/mol. The molecule has 1 aromatic carbocycles. The van der Waals surface area contributed by atoms with Crippen LogP contribution in [0.25, 0.3) is 0 Å². The molecule has 6 heteroatoms. The molecule has 1 rings (SSSR count). The van der Waals surface area contributed by atoms with Crippen molar-refractivity contribution in [3.8, 4) is 0 Å². The predicted molar refractivity (Wildman–Crippen MR) is 79.3 cm³/mol. The lowest BCUT2D eigenvalue weighted by Crippen LogP contribution is -2.28. The smallest absolute Gasteiger partial charge is 0.304 e. The second kappa shape index (κ2) is 6.98. The third-order valence-electron chi connectivity index (χ3n) is 2.73. The lowest BCUT2D eigenvalue weighted by Gasteiger charge is -2.21. The zero-order valence-corrected chi connectivity index (χ0v) is 12.7. The van der Waals surface area contributed by atoms with E-state index in [2.05, 4.69) is 5.32 Å². The molecule has 1 atom stereocenters. The molecule has 0 aliphatic carbocycles. The lowest BCUT2D eigenvalue weighted by molar-refractivity contribution is -0.137. The number of carboxylic acids is 1. The second-order valence-electron chi connectivity index (χ2n) is 4.66. The molecule has 0 fully saturated rings. The van der Waals surface area contributed by atoms with Crippen LogP contribution in [0.3, 0.4) is 0 Å².